The zero-order valence-corrected chi connectivity index (χ0v) is 44.7. The fraction of sp³-hybridized carbons (Fsp3) is 0.500. The van der Waals surface area contributed by atoms with E-state index in [2.05, 4.69) is 0 Å². The van der Waals surface area contributed by atoms with Crippen molar-refractivity contribution in [3.05, 3.63) is 116 Å². The lowest BCUT2D eigenvalue weighted by atomic mass is 9.99. The van der Waals surface area contributed by atoms with Crippen LogP contribution in [0.1, 0.15) is 43.0 Å². The van der Waals surface area contributed by atoms with Crippen molar-refractivity contribution in [2.45, 2.75) is 27.1 Å². The smallest absolute Gasteiger partial charge is 0.410 e. The van der Waals surface area contributed by atoms with Gasteiger partial charge in [0.2, 0.25) is 5.43 Å². The van der Waals surface area contributed by atoms with Gasteiger partial charge < -0.3 is 77.1 Å². The highest BCUT2D eigenvalue weighted by Gasteiger charge is 2.32. The molecule has 0 radical (unpaired) electrons. The van der Waals surface area contributed by atoms with Gasteiger partial charge in [0.1, 0.15) is 24.4 Å². The van der Waals surface area contributed by atoms with Gasteiger partial charge in [0.05, 0.1) is 123 Å². The SMILES string of the molecule is Cc1c2oc3c(C)ccc(C(=O)N4CCOCCOCCN(C(=O)OCc5ccccc5)CCOCCOCC4)c3nc-2c(C(=O)N2CCOCCOCCN(C(=O)OCc3ccccc3)CCOCCOCC2)c(N)c1=O. The summed E-state index contributed by atoms with van der Waals surface area (Å²) in [5.41, 5.74) is 8.63. The average Bonchev–Trinajstić information content (AvgIpc) is 3.65. The molecule has 4 aliphatic rings. The van der Waals surface area contributed by atoms with Crippen molar-refractivity contribution >= 4 is 40.8 Å². The summed E-state index contributed by atoms with van der Waals surface area (Å²) in [7, 11) is 0. The molecule has 0 aromatic heterocycles. The Morgan fingerprint density at radius 1 is 0.500 bits per heavy atom. The molecule has 3 aliphatic heterocycles. The lowest BCUT2D eigenvalue weighted by Crippen LogP contribution is -2.39. The third-order valence-corrected chi connectivity index (χ3v) is 12.9. The Morgan fingerprint density at radius 2 is 0.872 bits per heavy atom. The van der Waals surface area contributed by atoms with E-state index < -0.39 is 29.4 Å². The maximum Gasteiger partial charge on any atom is 0.410 e. The molecule has 0 saturated carbocycles. The second kappa shape index (κ2) is 31.6. The van der Waals surface area contributed by atoms with Gasteiger partial charge in [-0.1, -0.05) is 66.7 Å². The summed E-state index contributed by atoms with van der Waals surface area (Å²) < 4.78 is 64.4. The highest BCUT2D eigenvalue weighted by molar-refractivity contribution is 6.08. The molecule has 3 heterocycles. The van der Waals surface area contributed by atoms with Crippen molar-refractivity contribution < 1.29 is 71.0 Å². The maximum absolute atomic E-state index is 14.8. The molecule has 0 spiro atoms. The molecule has 22 heteroatoms. The van der Waals surface area contributed by atoms with Crippen LogP contribution in [0.5, 0.6) is 0 Å². The molecular formula is C56H72N6O16. The molecule has 0 unspecified atom stereocenters. The molecule has 7 rings (SSSR count). The number of aromatic nitrogens is 1. The summed E-state index contributed by atoms with van der Waals surface area (Å²) in [4.78, 5) is 80.3. The fourth-order valence-electron chi connectivity index (χ4n) is 8.44. The number of benzene rings is 4. The molecule has 3 aromatic rings. The first kappa shape index (κ1) is 58.9. The van der Waals surface area contributed by atoms with Crippen LogP contribution in [0.25, 0.3) is 22.6 Å². The molecule has 22 nitrogen and oxygen atoms in total. The van der Waals surface area contributed by atoms with Crippen LogP contribution in [-0.2, 0) is 60.6 Å². The number of nitrogens with zero attached hydrogens (tertiary/aromatic N) is 5. The summed E-state index contributed by atoms with van der Waals surface area (Å²) >= 11 is 0. The molecule has 2 N–H and O–H groups in total. The first-order valence-electron chi connectivity index (χ1n) is 26.4. The van der Waals surface area contributed by atoms with E-state index in [1.807, 2.05) is 60.7 Å². The summed E-state index contributed by atoms with van der Waals surface area (Å²) in [6.45, 7) is 8.46. The van der Waals surface area contributed by atoms with E-state index in [9.17, 15) is 24.0 Å². The van der Waals surface area contributed by atoms with Crippen LogP contribution in [0, 0.1) is 13.8 Å². The number of nitrogens with two attached hydrogens (primary N) is 1. The first-order chi connectivity index (χ1) is 38.1. The van der Waals surface area contributed by atoms with E-state index >= 15 is 0 Å². The second-order valence-electron chi connectivity index (χ2n) is 18.3. The minimum absolute atomic E-state index is 0.0152. The van der Waals surface area contributed by atoms with Gasteiger partial charge in [-0.3, -0.25) is 14.4 Å². The van der Waals surface area contributed by atoms with E-state index in [0.29, 0.717) is 5.56 Å². The maximum atomic E-state index is 14.8. The monoisotopic (exact) mass is 1080 g/mol. The Labute approximate surface area is 453 Å². The molecule has 422 valence electrons. The minimum atomic E-state index is -0.612. The number of carbonyl (C=O) groups excluding carboxylic acids is 4. The van der Waals surface area contributed by atoms with Crippen molar-refractivity contribution in [3.63, 3.8) is 0 Å². The van der Waals surface area contributed by atoms with E-state index in [0.717, 1.165) is 11.1 Å². The van der Waals surface area contributed by atoms with E-state index in [-0.39, 0.29) is 216 Å². The fourth-order valence-corrected chi connectivity index (χ4v) is 8.44. The number of hydrogen-bond donors (Lipinski definition) is 1. The normalized spacial score (nSPS) is 17.6. The minimum Gasteiger partial charge on any atom is -0.452 e. The molecule has 1 aliphatic carbocycles. The Hall–Kier alpha value is -6.76. The number of carbonyl (C=O) groups is 4. The molecule has 0 bridgehead atoms. The Bertz CT molecular complexity index is 2670. The van der Waals surface area contributed by atoms with Gasteiger partial charge in [-0.2, -0.15) is 0 Å². The van der Waals surface area contributed by atoms with Crippen molar-refractivity contribution in [1.29, 1.82) is 0 Å². The molecule has 0 atom stereocenters. The molecule has 4 amide bonds. The van der Waals surface area contributed by atoms with Crippen LogP contribution in [0.3, 0.4) is 0 Å². The molecule has 2 saturated heterocycles. The molecule has 2 fully saturated rings. The predicted molar refractivity (Wildman–Crippen MR) is 286 cm³/mol. The highest BCUT2D eigenvalue weighted by atomic mass is 16.6. The standard InChI is InChI=1S/C56H72N6O16/c1-41-13-14-45(53(64)59-15-23-68-31-35-72-27-19-61(20-28-73-36-32-69-24-16-59)55(66)76-39-43-9-5-3-6-10-43)48-51(41)78-52-42(2)50(63)47(57)46(49(52)58-48)54(65)60-17-25-70-33-37-74-29-21-62(22-30-75-38-34-71-26-18-60)56(67)77-40-44-11-7-4-8-12-44/h3-14H,15-40,57H2,1-2H3. The van der Waals surface area contributed by atoms with Crippen LogP contribution >= 0.6 is 0 Å². The molecular weight excluding hydrogens is 1010 g/mol. The van der Waals surface area contributed by atoms with Crippen LogP contribution in [0.2, 0.25) is 0 Å². The van der Waals surface area contributed by atoms with Crippen LogP contribution in [0.4, 0.5) is 15.3 Å². The van der Waals surface area contributed by atoms with Crippen molar-refractivity contribution in [1.82, 2.24) is 24.6 Å². The quantitative estimate of drug-likeness (QED) is 0.177. The van der Waals surface area contributed by atoms with Gasteiger partial charge in [0.15, 0.2) is 11.3 Å². The number of anilines is 1. The summed E-state index contributed by atoms with van der Waals surface area (Å²) in [5.74, 6) is -0.955. The van der Waals surface area contributed by atoms with Crippen molar-refractivity contribution in [2.24, 2.45) is 0 Å². The predicted octanol–water partition coefficient (Wildman–Crippen LogP) is 4.81. The molecule has 3 aromatic carbocycles. The number of aryl methyl sites for hydroxylation is 1. The Morgan fingerprint density at radius 3 is 1.27 bits per heavy atom. The first-order valence-corrected chi connectivity index (χ1v) is 26.4. The molecule has 78 heavy (non-hydrogen) atoms. The number of hydrogen-bond acceptors (Lipinski definition) is 18. The van der Waals surface area contributed by atoms with Crippen LogP contribution < -0.4 is 11.2 Å². The number of rotatable bonds is 6. The lowest BCUT2D eigenvalue weighted by molar-refractivity contribution is 0.00679. The van der Waals surface area contributed by atoms with E-state index in [1.54, 1.807) is 35.8 Å². The van der Waals surface area contributed by atoms with Crippen LogP contribution in [0.15, 0.2) is 82.0 Å². The van der Waals surface area contributed by atoms with Crippen molar-refractivity contribution in [2.75, 3.05) is 164 Å². The Balaban J connectivity index is 1.01. The second-order valence-corrected chi connectivity index (χ2v) is 18.3. The van der Waals surface area contributed by atoms with Gasteiger partial charge in [0.25, 0.3) is 11.8 Å². The number of ether oxygens (including phenoxy) is 10. The van der Waals surface area contributed by atoms with Gasteiger partial charge in [-0.25, -0.2) is 14.6 Å². The highest BCUT2D eigenvalue weighted by Crippen LogP contribution is 2.35. The van der Waals surface area contributed by atoms with E-state index in [1.165, 1.54) is 9.80 Å². The van der Waals surface area contributed by atoms with Crippen molar-refractivity contribution in [3.8, 4) is 11.5 Å². The summed E-state index contributed by atoms with van der Waals surface area (Å²) in [6.07, 6.45) is -0.954. The zero-order chi connectivity index (χ0) is 54.9. The van der Waals surface area contributed by atoms with Gasteiger partial charge in [-0.15, -0.1) is 0 Å². The summed E-state index contributed by atoms with van der Waals surface area (Å²) in [5, 5.41) is 0. The number of nitrogen functional groups attached to an aromatic ring is 1. The summed E-state index contributed by atoms with van der Waals surface area (Å²) in [6, 6.07) is 22.2. The van der Waals surface area contributed by atoms with Gasteiger partial charge >= 0.3 is 12.2 Å². The third kappa shape index (κ3) is 17.4. The zero-order valence-electron chi connectivity index (χ0n) is 44.7. The van der Waals surface area contributed by atoms with Gasteiger partial charge in [0, 0.05) is 57.9 Å². The van der Waals surface area contributed by atoms with E-state index in [4.69, 9.17) is 62.5 Å². The lowest BCUT2D eigenvalue weighted by Gasteiger charge is -2.26. The topological polar surface area (TPSA) is 243 Å². The average molecular weight is 1090 g/mol. The Kier molecular flexibility index (Phi) is 23.9. The van der Waals surface area contributed by atoms with Crippen LogP contribution in [-0.4, -0.2) is 207 Å². The number of amides is 4. The third-order valence-electron chi connectivity index (χ3n) is 12.9. The number of fused-ring (bicyclic) bond motifs is 2. The van der Waals surface area contributed by atoms with Gasteiger partial charge in [-0.05, 0) is 36.6 Å². The largest absolute Gasteiger partial charge is 0.452 e.